The van der Waals surface area contributed by atoms with Crippen molar-refractivity contribution in [3.8, 4) is 0 Å². The van der Waals surface area contributed by atoms with Crippen LogP contribution in [0.3, 0.4) is 0 Å². The number of ether oxygens (including phenoxy) is 1. The quantitative estimate of drug-likeness (QED) is 0.618. The van der Waals surface area contributed by atoms with Gasteiger partial charge in [-0.1, -0.05) is 32.6 Å². The largest absolute Gasteiger partial charge is 0.396 e. The monoisotopic (exact) mass is 242 g/mol. The molecular weight excluding hydrogens is 212 g/mol. The maximum Gasteiger partial charge on any atom is 0.0579 e. The lowest BCUT2D eigenvalue weighted by molar-refractivity contribution is -0.0581. The van der Waals surface area contributed by atoms with Crippen molar-refractivity contribution < 1.29 is 9.84 Å². The number of rotatable bonds is 9. The molecule has 1 heterocycles. The van der Waals surface area contributed by atoms with E-state index < -0.39 is 0 Å². The van der Waals surface area contributed by atoms with E-state index in [9.17, 15) is 0 Å². The highest BCUT2D eigenvalue weighted by molar-refractivity contribution is 4.71. The minimum Gasteiger partial charge on any atom is -0.396 e. The third-order valence-corrected chi connectivity index (χ3v) is 3.75. The molecule has 1 aliphatic rings. The SMILES string of the molecule is CCCCCC[C@H]1CCC[C@@H](CCCCO)O1. The Labute approximate surface area is 107 Å². The molecule has 2 nitrogen and oxygen atoms in total. The van der Waals surface area contributed by atoms with Crippen molar-refractivity contribution in [1.82, 2.24) is 0 Å². The first-order chi connectivity index (χ1) is 8.36. The third kappa shape index (κ3) is 7.05. The zero-order valence-corrected chi connectivity index (χ0v) is 11.5. The van der Waals surface area contributed by atoms with Gasteiger partial charge in [-0.15, -0.1) is 0 Å². The zero-order chi connectivity index (χ0) is 12.3. The fourth-order valence-corrected chi connectivity index (χ4v) is 2.69. The molecule has 0 aromatic rings. The molecule has 0 aromatic heterocycles. The van der Waals surface area contributed by atoms with Crippen molar-refractivity contribution in [2.45, 2.75) is 89.8 Å². The highest BCUT2D eigenvalue weighted by Crippen LogP contribution is 2.25. The number of hydrogen-bond donors (Lipinski definition) is 1. The number of aliphatic hydroxyl groups is 1. The normalized spacial score (nSPS) is 25.1. The van der Waals surface area contributed by atoms with Gasteiger partial charge in [0.25, 0.3) is 0 Å². The molecule has 1 fully saturated rings. The summed E-state index contributed by atoms with van der Waals surface area (Å²) in [5.41, 5.74) is 0. The second-order valence-corrected chi connectivity index (χ2v) is 5.38. The van der Waals surface area contributed by atoms with Gasteiger partial charge in [0.1, 0.15) is 0 Å². The first-order valence-corrected chi connectivity index (χ1v) is 7.63. The summed E-state index contributed by atoms with van der Waals surface area (Å²) in [4.78, 5) is 0. The molecule has 102 valence electrons. The van der Waals surface area contributed by atoms with E-state index in [0.717, 1.165) is 19.3 Å². The van der Waals surface area contributed by atoms with Crippen molar-refractivity contribution >= 4 is 0 Å². The molecule has 17 heavy (non-hydrogen) atoms. The molecule has 0 bridgehead atoms. The van der Waals surface area contributed by atoms with Crippen LogP contribution < -0.4 is 0 Å². The Morgan fingerprint density at radius 1 is 0.941 bits per heavy atom. The summed E-state index contributed by atoms with van der Waals surface area (Å²) >= 11 is 0. The van der Waals surface area contributed by atoms with E-state index in [1.54, 1.807) is 0 Å². The van der Waals surface area contributed by atoms with Crippen LogP contribution in [-0.2, 0) is 4.74 Å². The second kappa shape index (κ2) is 9.90. The van der Waals surface area contributed by atoms with Crippen LogP contribution in [0.1, 0.15) is 77.6 Å². The lowest BCUT2D eigenvalue weighted by Crippen LogP contribution is -2.27. The van der Waals surface area contributed by atoms with Gasteiger partial charge in [-0.05, 0) is 44.9 Å². The van der Waals surface area contributed by atoms with Crippen LogP contribution >= 0.6 is 0 Å². The summed E-state index contributed by atoms with van der Waals surface area (Å²) in [7, 11) is 0. The van der Waals surface area contributed by atoms with Crippen molar-refractivity contribution in [3.63, 3.8) is 0 Å². The molecule has 0 amide bonds. The summed E-state index contributed by atoms with van der Waals surface area (Å²) in [5, 5.41) is 8.77. The van der Waals surface area contributed by atoms with Gasteiger partial charge in [0, 0.05) is 6.61 Å². The molecule has 0 radical (unpaired) electrons. The van der Waals surface area contributed by atoms with Crippen molar-refractivity contribution in [3.05, 3.63) is 0 Å². The molecule has 1 N–H and O–H groups in total. The van der Waals surface area contributed by atoms with E-state index in [1.807, 2.05) is 0 Å². The highest BCUT2D eigenvalue weighted by Gasteiger charge is 2.21. The van der Waals surface area contributed by atoms with Crippen LogP contribution in [-0.4, -0.2) is 23.9 Å². The first kappa shape index (κ1) is 15.0. The Bertz CT molecular complexity index is 170. The van der Waals surface area contributed by atoms with Crippen molar-refractivity contribution in [2.24, 2.45) is 0 Å². The molecular formula is C15H30O2. The van der Waals surface area contributed by atoms with E-state index in [4.69, 9.17) is 9.84 Å². The smallest absolute Gasteiger partial charge is 0.0579 e. The average Bonchev–Trinajstić information content (AvgIpc) is 2.36. The van der Waals surface area contributed by atoms with Gasteiger partial charge >= 0.3 is 0 Å². The Morgan fingerprint density at radius 2 is 1.59 bits per heavy atom. The fourth-order valence-electron chi connectivity index (χ4n) is 2.69. The molecule has 1 saturated heterocycles. The number of aliphatic hydroxyl groups excluding tert-OH is 1. The Balaban J connectivity index is 2.06. The van der Waals surface area contributed by atoms with Crippen molar-refractivity contribution in [2.75, 3.05) is 6.61 Å². The van der Waals surface area contributed by atoms with E-state index in [2.05, 4.69) is 6.92 Å². The predicted molar refractivity (Wildman–Crippen MR) is 72.2 cm³/mol. The lowest BCUT2D eigenvalue weighted by atomic mass is 9.97. The van der Waals surface area contributed by atoms with Gasteiger partial charge in [-0.2, -0.15) is 0 Å². The molecule has 1 rings (SSSR count). The van der Waals surface area contributed by atoms with E-state index >= 15 is 0 Å². The van der Waals surface area contributed by atoms with Crippen LogP contribution in [0.2, 0.25) is 0 Å². The van der Waals surface area contributed by atoms with Crippen LogP contribution in [0.5, 0.6) is 0 Å². The highest BCUT2D eigenvalue weighted by atomic mass is 16.5. The molecule has 0 saturated carbocycles. The van der Waals surface area contributed by atoms with Crippen LogP contribution in [0.4, 0.5) is 0 Å². The summed E-state index contributed by atoms with van der Waals surface area (Å²) in [5.74, 6) is 0. The van der Waals surface area contributed by atoms with E-state index in [-0.39, 0.29) is 0 Å². The third-order valence-electron chi connectivity index (χ3n) is 3.75. The van der Waals surface area contributed by atoms with Crippen LogP contribution in [0, 0.1) is 0 Å². The fraction of sp³-hybridized carbons (Fsp3) is 1.00. The maximum atomic E-state index is 8.77. The topological polar surface area (TPSA) is 29.5 Å². The minimum atomic E-state index is 0.327. The Hall–Kier alpha value is -0.0800. The second-order valence-electron chi connectivity index (χ2n) is 5.38. The van der Waals surface area contributed by atoms with Crippen LogP contribution in [0.25, 0.3) is 0 Å². The van der Waals surface area contributed by atoms with Gasteiger partial charge in [0.2, 0.25) is 0 Å². The molecule has 0 spiro atoms. The van der Waals surface area contributed by atoms with Crippen LogP contribution in [0.15, 0.2) is 0 Å². The summed E-state index contributed by atoms with van der Waals surface area (Å²) < 4.78 is 6.13. The van der Waals surface area contributed by atoms with Crippen molar-refractivity contribution in [1.29, 1.82) is 0 Å². The molecule has 0 aromatic carbocycles. The number of unbranched alkanes of at least 4 members (excludes halogenated alkanes) is 4. The summed E-state index contributed by atoms with van der Waals surface area (Å²) in [6.45, 7) is 2.58. The van der Waals surface area contributed by atoms with Gasteiger partial charge < -0.3 is 9.84 Å². The van der Waals surface area contributed by atoms with Gasteiger partial charge in [0.05, 0.1) is 12.2 Å². The Kier molecular flexibility index (Phi) is 8.72. The van der Waals surface area contributed by atoms with Gasteiger partial charge in [0.15, 0.2) is 0 Å². The van der Waals surface area contributed by atoms with E-state index in [0.29, 0.717) is 18.8 Å². The van der Waals surface area contributed by atoms with E-state index in [1.165, 1.54) is 51.4 Å². The maximum absolute atomic E-state index is 8.77. The number of hydrogen-bond acceptors (Lipinski definition) is 2. The minimum absolute atomic E-state index is 0.327. The summed E-state index contributed by atoms with van der Waals surface area (Å²) in [6, 6.07) is 0. The Morgan fingerprint density at radius 3 is 2.18 bits per heavy atom. The zero-order valence-electron chi connectivity index (χ0n) is 11.5. The van der Waals surface area contributed by atoms with Gasteiger partial charge in [-0.3, -0.25) is 0 Å². The standard InChI is InChI=1S/C15H30O2/c1-2-3-4-5-9-14-11-8-12-15(17-14)10-6-7-13-16/h14-16H,2-13H2,1H3/t14-,15+/m0/s1. The molecule has 2 heteroatoms. The first-order valence-electron chi connectivity index (χ1n) is 7.63. The molecule has 0 unspecified atom stereocenters. The molecule has 0 aliphatic carbocycles. The molecule has 2 atom stereocenters. The lowest BCUT2D eigenvalue weighted by Gasteiger charge is -2.30. The predicted octanol–water partition coefficient (Wildman–Crippen LogP) is 4.06. The van der Waals surface area contributed by atoms with Gasteiger partial charge in [-0.25, -0.2) is 0 Å². The average molecular weight is 242 g/mol. The summed E-state index contributed by atoms with van der Waals surface area (Å²) in [6.07, 6.45) is 14.7. The molecule has 1 aliphatic heterocycles.